The van der Waals surface area contributed by atoms with Crippen molar-refractivity contribution in [2.24, 2.45) is 17.3 Å². The molecule has 4 nitrogen and oxygen atoms in total. The Morgan fingerprint density at radius 2 is 1.77 bits per heavy atom. The normalized spacial score (nSPS) is 39.1. The first-order valence-corrected chi connectivity index (χ1v) is 9.11. The Morgan fingerprint density at radius 3 is 2.32 bits per heavy atom. The average Bonchev–Trinajstić information content (AvgIpc) is 2.31. The van der Waals surface area contributed by atoms with Crippen LogP contribution in [0.3, 0.4) is 0 Å². The molecule has 0 aliphatic heterocycles. The zero-order chi connectivity index (χ0) is 16.0. The van der Waals surface area contributed by atoms with E-state index in [1.165, 1.54) is 19.3 Å². The predicted octanol–water partition coefficient (Wildman–Crippen LogP) is 3.61. The van der Waals surface area contributed by atoms with E-state index in [2.05, 4.69) is 15.9 Å². The number of alkyl halides is 1. The highest BCUT2D eigenvalue weighted by Crippen LogP contribution is 2.65. The van der Waals surface area contributed by atoms with Crippen LogP contribution in [0, 0.1) is 17.3 Å². The van der Waals surface area contributed by atoms with E-state index in [1.54, 1.807) is 13.8 Å². The van der Waals surface area contributed by atoms with E-state index in [4.69, 9.17) is 9.47 Å². The summed E-state index contributed by atoms with van der Waals surface area (Å²) in [5, 5.41) is 0. The molecule has 0 heterocycles. The summed E-state index contributed by atoms with van der Waals surface area (Å²) in [7, 11) is 0. The Hall–Kier alpha value is -0.580. The van der Waals surface area contributed by atoms with E-state index in [1.807, 2.05) is 0 Å². The molecule has 0 aromatic heterocycles. The molecule has 0 spiro atoms. The van der Waals surface area contributed by atoms with Crippen molar-refractivity contribution in [3.05, 3.63) is 0 Å². The first kappa shape index (κ1) is 16.3. The molecule has 4 saturated carbocycles. The summed E-state index contributed by atoms with van der Waals surface area (Å²) in [6, 6.07) is 0. The molecule has 124 valence electrons. The summed E-state index contributed by atoms with van der Waals surface area (Å²) in [5.41, 5.74) is 0.0899. The fourth-order valence-corrected chi connectivity index (χ4v) is 6.85. The van der Waals surface area contributed by atoms with Crippen LogP contribution < -0.4 is 0 Å². The van der Waals surface area contributed by atoms with E-state index >= 15 is 0 Å². The summed E-state index contributed by atoms with van der Waals surface area (Å²) in [6.45, 7) is 3.30. The standard InChI is InChI=1S/C17H25BrO4/c1-11(2)22-15(20)9-21-14(19)8-16-4-12-3-13(5-16)7-17(18,6-12)10-16/h11-13H,3-10H2,1-2H3. The smallest absolute Gasteiger partial charge is 0.344 e. The SMILES string of the molecule is CC(C)OC(=O)COC(=O)CC12CC3CC(CC(Br)(C3)C1)C2. The molecule has 0 amide bonds. The van der Waals surface area contributed by atoms with Gasteiger partial charge >= 0.3 is 11.9 Å². The molecule has 4 aliphatic rings. The molecule has 4 fully saturated rings. The summed E-state index contributed by atoms with van der Waals surface area (Å²) in [6.07, 6.45) is 7.45. The van der Waals surface area contributed by atoms with E-state index in [0.717, 1.165) is 31.1 Å². The molecule has 2 atom stereocenters. The first-order valence-electron chi connectivity index (χ1n) is 8.32. The van der Waals surface area contributed by atoms with Crippen molar-refractivity contribution in [3.63, 3.8) is 0 Å². The number of hydrogen-bond donors (Lipinski definition) is 0. The van der Waals surface area contributed by atoms with Crippen LogP contribution in [0.1, 0.15) is 58.8 Å². The van der Waals surface area contributed by atoms with E-state index in [-0.39, 0.29) is 28.4 Å². The Kier molecular flexibility index (Phi) is 4.30. The maximum Gasteiger partial charge on any atom is 0.344 e. The number of rotatable bonds is 5. The topological polar surface area (TPSA) is 52.6 Å². The third-order valence-electron chi connectivity index (χ3n) is 5.35. The second-order valence-corrected chi connectivity index (χ2v) is 9.67. The summed E-state index contributed by atoms with van der Waals surface area (Å²) in [4.78, 5) is 23.6. The number of carbonyl (C=O) groups excluding carboxylic acids is 2. The van der Waals surface area contributed by atoms with Gasteiger partial charge in [0.25, 0.3) is 0 Å². The van der Waals surface area contributed by atoms with E-state index < -0.39 is 5.97 Å². The van der Waals surface area contributed by atoms with Gasteiger partial charge in [0.2, 0.25) is 0 Å². The lowest BCUT2D eigenvalue weighted by molar-refractivity contribution is -0.164. The largest absolute Gasteiger partial charge is 0.460 e. The molecule has 5 heteroatoms. The Morgan fingerprint density at radius 1 is 1.14 bits per heavy atom. The van der Waals surface area contributed by atoms with Crippen LogP contribution in [0.5, 0.6) is 0 Å². The molecule has 4 rings (SSSR count). The lowest BCUT2D eigenvalue weighted by atomic mass is 9.49. The monoisotopic (exact) mass is 372 g/mol. The van der Waals surface area contributed by atoms with Crippen molar-refractivity contribution >= 4 is 27.9 Å². The van der Waals surface area contributed by atoms with Crippen LogP contribution in [-0.4, -0.2) is 29.0 Å². The van der Waals surface area contributed by atoms with E-state index in [9.17, 15) is 9.59 Å². The predicted molar refractivity (Wildman–Crippen MR) is 85.6 cm³/mol. The molecular weight excluding hydrogens is 348 g/mol. The van der Waals surface area contributed by atoms with Crippen LogP contribution in [0.2, 0.25) is 0 Å². The van der Waals surface area contributed by atoms with Crippen LogP contribution in [-0.2, 0) is 19.1 Å². The minimum absolute atomic E-state index is 0.0899. The van der Waals surface area contributed by atoms with Gasteiger partial charge in [-0.25, -0.2) is 4.79 Å². The highest BCUT2D eigenvalue weighted by atomic mass is 79.9. The lowest BCUT2D eigenvalue weighted by Crippen LogP contribution is -2.53. The Balaban J connectivity index is 1.54. The molecule has 0 N–H and O–H groups in total. The molecule has 2 unspecified atom stereocenters. The molecule has 0 aromatic rings. The Bertz CT molecular complexity index is 459. The minimum Gasteiger partial charge on any atom is -0.460 e. The summed E-state index contributed by atoms with van der Waals surface area (Å²) < 4.78 is 10.4. The van der Waals surface area contributed by atoms with Gasteiger partial charge in [-0.3, -0.25) is 4.79 Å². The van der Waals surface area contributed by atoms with Crippen molar-refractivity contribution in [1.82, 2.24) is 0 Å². The average molecular weight is 373 g/mol. The highest BCUT2D eigenvalue weighted by Gasteiger charge is 2.57. The van der Waals surface area contributed by atoms with Gasteiger partial charge in [0.1, 0.15) is 0 Å². The molecule has 0 saturated heterocycles. The minimum atomic E-state index is -0.467. The molecule has 22 heavy (non-hydrogen) atoms. The third-order valence-corrected chi connectivity index (χ3v) is 6.28. The molecular formula is C17H25BrO4. The first-order chi connectivity index (χ1) is 10.3. The molecule has 4 aliphatic carbocycles. The number of hydrogen-bond acceptors (Lipinski definition) is 4. The van der Waals surface area contributed by atoms with Gasteiger partial charge in [0.15, 0.2) is 6.61 Å². The second kappa shape index (κ2) is 5.81. The second-order valence-electron chi connectivity index (χ2n) is 7.99. The van der Waals surface area contributed by atoms with Crippen molar-refractivity contribution < 1.29 is 19.1 Å². The molecule has 4 bridgehead atoms. The van der Waals surface area contributed by atoms with Gasteiger partial charge in [0, 0.05) is 4.32 Å². The van der Waals surface area contributed by atoms with Gasteiger partial charge in [-0.2, -0.15) is 0 Å². The van der Waals surface area contributed by atoms with Crippen LogP contribution in [0.4, 0.5) is 0 Å². The van der Waals surface area contributed by atoms with Crippen LogP contribution in [0.25, 0.3) is 0 Å². The molecule has 0 aromatic carbocycles. The summed E-state index contributed by atoms with van der Waals surface area (Å²) in [5.74, 6) is 0.781. The van der Waals surface area contributed by atoms with Crippen molar-refractivity contribution in [2.75, 3.05) is 6.61 Å². The third kappa shape index (κ3) is 3.50. The number of esters is 2. The fraction of sp³-hybridized carbons (Fsp3) is 0.882. The van der Waals surface area contributed by atoms with Crippen molar-refractivity contribution in [2.45, 2.75) is 69.2 Å². The summed E-state index contributed by atoms with van der Waals surface area (Å²) >= 11 is 3.95. The fourth-order valence-electron chi connectivity index (χ4n) is 5.34. The van der Waals surface area contributed by atoms with E-state index in [0.29, 0.717) is 6.42 Å². The quantitative estimate of drug-likeness (QED) is 0.546. The maximum atomic E-state index is 12.2. The number of ether oxygens (including phenoxy) is 2. The van der Waals surface area contributed by atoms with Gasteiger partial charge in [-0.15, -0.1) is 0 Å². The van der Waals surface area contributed by atoms with Gasteiger partial charge in [-0.05, 0) is 69.6 Å². The van der Waals surface area contributed by atoms with Crippen molar-refractivity contribution in [1.29, 1.82) is 0 Å². The van der Waals surface area contributed by atoms with Crippen LogP contribution >= 0.6 is 15.9 Å². The highest BCUT2D eigenvalue weighted by molar-refractivity contribution is 9.10. The zero-order valence-electron chi connectivity index (χ0n) is 13.4. The number of halogens is 1. The van der Waals surface area contributed by atoms with Gasteiger partial charge < -0.3 is 9.47 Å². The molecule has 0 radical (unpaired) electrons. The maximum absolute atomic E-state index is 12.2. The van der Waals surface area contributed by atoms with Gasteiger partial charge in [-0.1, -0.05) is 15.9 Å². The number of carbonyl (C=O) groups is 2. The van der Waals surface area contributed by atoms with Gasteiger partial charge in [0.05, 0.1) is 12.5 Å². The zero-order valence-corrected chi connectivity index (χ0v) is 15.0. The Labute approximate surface area is 140 Å². The van der Waals surface area contributed by atoms with Crippen LogP contribution in [0.15, 0.2) is 0 Å². The lowest BCUT2D eigenvalue weighted by Gasteiger charge is -2.60. The van der Waals surface area contributed by atoms with Crippen molar-refractivity contribution in [3.8, 4) is 0 Å².